The molecule has 1 saturated carbocycles. The van der Waals surface area contributed by atoms with Gasteiger partial charge >= 0.3 is 6.09 Å². The van der Waals surface area contributed by atoms with E-state index >= 15 is 0 Å². The van der Waals surface area contributed by atoms with Crippen LogP contribution in [0.1, 0.15) is 45.6 Å². The molecular weight excluding hydrogens is 268 g/mol. The molecule has 5 heteroatoms. The summed E-state index contributed by atoms with van der Waals surface area (Å²) in [5.41, 5.74) is 6.76. The van der Waals surface area contributed by atoms with Crippen molar-refractivity contribution in [1.82, 2.24) is 0 Å². The fourth-order valence-electron chi connectivity index (χ4n) is 2.57. The lowest BCUT2D eigenvalue weighted by molar-refractivity contribution is 0.0635. The maximum Gasteiger partial charge on any atom is 0.412 e. The van der Waals surface area contributed by atoms with Crippen molar-refractivity contribution < 1.29 is 14.6 Å². The van der Waals surface area contributed by atoms with Crippen molar-refractivity contribution in [2.75, 3.05) is 11.9 Å². The van der Waals surface area contributed by atoms with Crippen molar-refractivity contribution in [3.8, 4) is 5.75 Å². The molecular formula is C16H24N2O3. The molecule has 1 aromatic carbocycles. The summed E-state index contributed by atoms with van der Waals surface area (Å²) in [6.07, 6.45) is 2.41. The predicted octanol–water partition coefficient (Wildman–Crippen LogP) is 3.12. The highest BCUT2D eigenvalue weighted by Crippen LogP contribution is 2.53. The minimum absolute atomic E-state index is 0.0160. The molecule has 4 N–H and O–H groups in total. The number of amides is 1. The molecule has 21 heavy (non-hydrogen) atoms. The predicted molar refractivity (Wildman–Crippen MR) is 82.5 cm³/mol. The molecule has 5 nitrogen and oxygen atoms in total. The smallest absolute Gasteiger partial charge is 0.412 e. The molecule has 0 unspecified atom stereocenters. The van der Waals surface area contributed by atoms with Gasteiger partial charge in [0.25, 0.3) is 0 Å². The second-order valence-corrected chi connectivity index (χ2v) is 6.68. The summed E-state index contributed by atoms with van der Waals surface area (Å²) in [6, 6.07) is 5.00. The van der Waals surface area contributed by atoms with Crippen LogP contribution >= 0.6 is 0 Å². The van der Waals surface area contributed by atoms with Crippen molar-refractivity contribution >= 4 is 11.8 Å². The van der Waals surface area contributed by atoms with E-state index in [2.05, 4.69) is 5.32 Å². The molecule has 1 fully saturated rings. The number of benzene rings is 1. The average molecular weight is 292 g/mol. The highest BCUT2D eigenvalue weighted by atomic mass is 16.6. The monoisotopic (exact) mass is 292 g/mol. The van der Waals surface area contributed by atoms with Crippen molar-refractivity contribution in [3.63, 3.8) is 0 Å². The number of carbonyl (C=O) groups is 1. The zero-order valence-corrected chi connectivity index (χ0v) is 12.9. The van der Waals surface area contributed by atoms with Crippen LogP contribution < -0.4 is 11.1 Å². The van der Waals surface area contributed by atoms with Crippen LogP contribution in [0.25, 0.3) is 0 Å². The Morgan fingerprint density at radius 3 is 2.62 bits per heavy atom. The summed E-state index contributed by atoms with van der Waals surface area (Å²) < 4.78 is 5.28. The number of hydrogen-bond acceptors (Lipinski definition) is 4. The summed E-state index contributed by atoms with van der Waals surface area (Å²) in [6.45, 7) is 6.05. The number of nitrogens with one attached hydrogen (secondary N) is 1. The molecule has 0 radical (unpaired) electrons. The lowest BCUT2D eigenvalue weighted by atomic mass is 9.90. The maximum atomic E-state index is 11.9. The first-order valence-corrected chi connectivity index (χ1v) is 7.29. The third kappa shape index (κ3) is 3.88. The van der Waals surface area contributed by atoms with Gasteiger partial charge in [0.2, 0.25) is 0 Å². The minimum Gasteiger partial charge on any atom is -0.508 e. The highest BCUT2D eigenvalue weighted by Gasteiger charge is 2.45. The molecule has 0 aliphatic heterocycles. The van der Waals surface area contributed by atoms with E-state index in [-0.39, 0.29) is 11.2 Å². The van der Waals surface area contributed by atoms with Crippen LogP contribution in [0, 0.1) is 0 Å². The summed E-state index contributed by atoms with van der Waals surface area (Å²) in [7, 11) is 0. The van der Waals surface area contributed by atoms with E-state index in [1.165, 1.54) is 0 Å². The number of rotatable bonds is 4. The van der Waals surface area contributed by atoms with Gasteiger partial charge in [-0.1, -0.05) is 0 Å². The Morgan fingerprint density at radius 2 is 2.10 bits per heavy atom. The second kappa shape index (κ2) is 5.56. The van der Waals surface area contributed by atoms with Crippen LogP contribution in [0.5, 0.6) is 5.75 Å². The number of anilines is 1. The van der Waals surface area contributed by atoms with E-state index in [0.717, 1.165) is 24.8 Å². The van der Waals surface area contributed by atoms with Crippen LogP contribution in [-0.4, -0.2) is 23.3 Å². The Balaban J connectivity index is 2.22. The van der Waals surface area contributed by atoms with Crippen LogP contribution in [0.15, 0.2) is 18.2 Å². The van der Waals surface area contributed by atoms with Crippen molar-refractivity contribution in [1.29, 1.82) is 0 Å². The normalized spacial score (nSPS) is 16.4. The molecule has 2 rings (SSSR count). The molecule has 1 amide bonds. The second-order valence-electron chi connectivity index (χ2n) is 6.68. The lowest BCUT2D eigenvalue weighted by Gasteiger charge is -2.23. The Labute approximate surface area is 125 Å². The van der Waals surface area contributed by atoms with Crippen molar-refractivity contribution in [3.05, 3.63) is 23.8 Å². The summed E-state index contributed by atoms with van der Waals surface area (Å²) >= 11 is 0. The van der Waals surface area contributed by atoms with Crippen LogP contribution in [0.2, 0.25) is 0 Å². The van der Waals surface area contributed by atoms with Gasteiger partial charge in [-0.05, 0) is 75.8 Å². The zero-order chi connectivity index (χ0) is 15.7. The molecule has 0 aromatic heterocycles. The van der Waals surface area contributed by atoms with Gasteiger partial charge in [0.1, 0.15) is 11.4 Å². The van der Waals surface area contributed by atoms with E-state index < -0.39 is 11.7 Å². The Bertz CT molecular complexity index is 531. The number of phenols is 1. The largest absolute Gasteiger partial charge is 0.508 e. The van der Waals surface area contributed by atoms with Crippen LogP contribution in [0.3, 0.4) is 0 Å². The first-order chi connectivity index (χ1) is 9.76. The van der Waals surface area contributed by atoms with Crippen molar-refractivity contribution in [2.45, 2.75) is 51.0 Å². The van der Waals surface area contributed by atoms with Gasteiger partial charge in [-0.3, -0.25) is 5.32 Å². The Morgan fingerprint density at radius 1 is 1.43 bits per heavy atom. The highest BCUT2D eigenvalue weighted by molar-refractivity contribution is 5.86. The quantitative estimate of drug-likeness (QED) is 0.744. The third-order valence-electron chi connectivity index (χ3n) is 3.69. The van der Waals surface area contributed by atoms with Gasteiger partial charge in [0.15, 0.2) is 0 Å². The number of phenolic OH excluding ortho intramolecular Hbond substituents is 1. The van der Waals surface area contributed by atoms with E-state index in [1.807, 2.05) is 20.8 Å². The molecule has 0 heterocycles. The topological polar surface area (TPSA) is 84.6 Å². The number of hydrogen-bond donors (Lipinski definition) is 3. The number of nitrogens with two attached hydrogens (primary N) is 1. The van der Waals surface area contributed by atoms with Crippen molar-refractivity contribution in [2.24, 2.45) is 5.73 Å². The maximum absolute atomic E-state index is 11.9. The van der Waals surface area contributed by atoms with Gasteiger partial charge in [-0.15, -0.1) is 0 Å². The fraction of sp³-hybridized carbons (Fsp3) is 0.562. The number of carbonyl (C=O) groups excluding carboxylic acids is 1. The Hall–Kier alpha value is -1.75. The fourth-order valence-corrected chi connectivity index (χ4v) is 2.57. The number of ether oxygens (including phenoxy) is 1. The molecule has 116 valence electrons. The van der Waals surface area contributed by atoms with E-state index in [1.54, 1.807) is 18.2 Å². The van der Waals surface area contributed by atoms with Gasteiger partial charge in [0, 0.05) is 5.69 Å². The Kier molecular flexibility index (Phi) is 4.14. The average Bonchev–Trinajstić information content (AvgIpc) is 3.10. The molecule has 0 bridgehead atoms. The molecule has 0 spiro atoms. The first kappa shape index (κ1) is 15.6. The summed E-state index contributed by atoms with van der Waals surface area (Å²) in [5, 5.41) is 12.5. The van der Waals surface area contributed by atoms with E-state index in [0.29, 0.717) is 12.2 Å². The van der Waals surface area contributed by atoms with Gasteiger partial charge in [0.05, 0.1) is 0 Å². The van der Waals surface area contributed by atoms with E-state index in [4.69, 9.17) is 10.5 Å². The molecule has 0 atom stereocenters. The summed E-state index contributed by atoms with van der Waals surface area (Å²) in [5.74, 6) is 0.197. The molecule has 1 aliphatic rings. The minimum atomic E-state index is -0.546. The SMILES string of the molecule is CC(C)(C)OC(=O)Nc1ccc(O)cc1C1(CCN)CC1. The van der Waals surface area contributed by atoms with Gasteiger partial charge in [-0.2, -0.15) is 0 Å². The lowest BCUT2D eigenvalue weighted by Crippen LogP contribution is -2.28. The number of aromatic hydroxyl groups is 1. The van der Waals surface area contributed by atoms with Gasteiger partial charge in [-0.25, -0.2) is 4.79 Å². The van der Waals surface area contributed by atoms with Gasteiger partial charge < -0.3 is 15.6 Å². The summed E-state index contributed by atoms with van der Waals surface area (Å²) in [4.78, 5) is 11.9. The van der Waals surface area contributed by atoms with E-state index in [9.17, 15) is 9.90 Å². The van der Waals surface area contributed by atoms with Crippen LogP contribution in [0.4, 0.5) is 10.5 Å². The zero-order valence-electron chi connectivity index (χ0n) is 12.9. The molecule has 0 saturated heterocycles. The first-order valence-electron chi connectivity index (χ1n) is 7.29. The third-order valence-corrected chi connectivity index (χ3v) is 3.69. The standard InChI is InChI=1S/C16H24N2O3/c1-15(2,3)21-14(20)18-13-5-4-11(19)10-12(13)16(6-7-16)8-9-17/h4-5,10,19H,6-9,17H2,1-3H3,(H,18,20). The molecule has 1 aliphatic carbocycles. The molecule has 1 aromatic rings. The van der Waals surface area contributed by atoms with Crippen LogP contribution in [-0.2, 0) is 10.2 Å².